The largest absolute Gasteiger partial charge is 0.398 e. The summed E-state index contributed by atoms with van der Waals surface area (Å²) in [5.74, 6) is -0.0879. The second kappa shape index (κ2) is 5.64. The molecule has 5 heteroatoms. The van der Waals surface area contributed by atoms with Crippen molar-refractivity contribution in [3.63, 3.8) is 0 Å². The van der Waals surface area contributed by atoms with Crippen molar-refractivity contribution >= 4 is 22.9 Å². The third kappa shape index (κ3) is 2.87. The van der Waals surface area contributed by atoms with Crippen molar-refractivity contribution in [1.29, 1.82) is 0 Å². The zero-order chi connectivity index (χ0) is 13.0. The summed E-state index contributed by atoms with van der Waals surface area (Å²) in [6.07, 6.45) is 0.747. The van der Waals surface area contributed by atoms with E-state index in [0.29, 0.717) is 17.8 Å². The first kappa shape index (κ1) is 12.6. The summed E-state index contributed by atoms with van der Waals surface area (Å²) < 4.78 is 0. The number of benzene rings is 1. The summed E-state index contributed by atoms with van der Waals surface area (Å²) in [4.78, 5) is 16.1. The Balaban J connectivity index is 1.93. The van der Waals surface area contributed by atoms with Gasteiger partial charge in [0.05, 0.1) is 11.2 Å². The predicted octanol–water partition coefficient (Wildman–Crippen LogP) is 2.01. The number of carbonyl (C=O) groups is 1. The van der Waals surface area contributed by atoms with E-state index in [-0.39, 0.29) is 5.91 Å². The van der Waals surface area contributed by atoms with Crippen LogP contribution in [0.25, 0.3) is 0 Å². The number of thiazole rings is 1. The normalized spacial score (nSPS) is 10.3. The van der Waals surface area contributed by atoms with Gasteiger partial charge in [0.25, 0.3) is 5.91 Å². The lowest BCUT2D eigenvalue weighted by atomic mass is 10.1. The fraction of sp³-hybridized carbons (Fsp3) is 0.231. The number of nitrogens with zero attached hydrogens (tertiary/aromatic N) is 1. The lowest BCUT2D eigenvalue weighted by Gasteiger charge is -2.08. The molecule has 3 N–H and O–H groups in total. The van der Waals surface area contributed by atoms with Crippen LogP contribution in [-0.2, 0) is 6.42 Å². The highest BCUT2D eigenvalue weighted by Crippen LogP contribution is 2.15. The third-order valence-electron chi connectivity index (χ3n) is 2.77. The monoisotopic (exact) mass is 261 g/mol. The molecular weight excluding hydrogens is 246 g/mol. The molecule has 0 aliphatic rings. The molecule has 1 aromatic heterocycles. The van der Waals surface area contributed by atoms with Crippen molar-refractivity contribution in [2.45, 2.75) is 13.3 Å². The van der Waals surface area contributed by atoms with Crippen LogP contribution in [0.3, 0.4) is 0 Å². The molecule has 0 spiro atoms. The zero-order valence-corrected chi connectivity index (χ0v) is 11.0. The second-order valence-corrected chi connectivity index (χ2v) is 4.72. The number of carbonyl (C=O) groups excluding carboxylic acids is 1. The summed E-state index contributed by atoms with van der Waals surface area (Å²) in [6, 6.07) is 5.36. The molecule has 0 saturated heterocycles. The van der Waals surface area contributed by atoms with Crippen LogP contribution in [0.5, 0.6) is 0 Å². The highest BCUT2D eigenvalue weighted by atomic mass is 32.1. The van der Waals surface area contributed by atoms with Gasteiger partial charge in [0.1, 0.15) is 0 Å². The molecular formula is C13H15N3OS. The van der Waals surface area contributed by atoms with Crippen LogP contribution in [0.4, 0.5) is 5.69 Å². The average molecular weight is 261 g/mol. The summed E-state index contributed by atoms with van der Waals surface area (Å²) in [6.45, 7) is 2.43. The van der Waals surface area contributed by atoms with E-state index in [1.165, 1.54) is 0 Å². The van der Waals surface area contributed by atoms with E-state index in [0.717, 1.165) is 17.7 Å². The Labute approximate surface area is 110 Å². The second-order valence-electron chi connectivity index (χ2n) is 4.01. The van der Waals surface area contributed by atoms with E-state index >= 15 is 0 Å². The first-order valence-electron chi connectivity index (χ1n) is 5.69. The maximum absolute atomic E-state index is 12.0. The van der Waals surface area contributed by atoms with Gasteiger partial charge in [0.15, 0.2) is 0 Å². The minimum Gasteiger partial charge on any atom is -0.398 e. The number of nitrogens with two attached hydrogens (primary N) is 1. The molecule has 0 bridgehead atoms. The number of amides is 1. The van der Waals surface area contributed by atoms with Gasteiger partial charge in [-0.25, -0.2) is 4.98 Å². The van der Waals surface area contributed by atoms with Gasteiger partial charge >= 0.3 is 0 Å². The fourth-order valence-electron chi connectivity index (χ4n) is 1.66. The maximum atomic E-state index is 12.0. The zero-order valence-electron chi connectivity index (χ0n) is 10.1. The SMILES string of the molecule is Cc1c(N)cccc1C(=O)NCCc1cscn1. The van der Waals surface area contributed by atoms with E-state index in [4.69, 9.17) is 5.73 Å². The van der Waals surface area contributed by atoms with Crippen molar-refractivity contribution in [1.82, 2.24) is 10.3 Å². The fourth-order valence-corrected chi connectivity index (χ4v) is 2.25. The first-order chi connectivity index (χ1) is 8.68. The summed E-state index contributed by atoms with van der Waals surface area (Å²) in [7, 11) is 0. The number of hydrogen-bond acceptors (Lipinski definition) is 4. The van der Waals surface area contributed by atoms with Crippen LogP contribution in [0.15, 0.2) is 29.1 Å². The smallest absolute Gasteiger partial charge is 0.251 e. The molecule has 1 heterocycles. The number of anilines is 1. The molecule has 1 aromatic carbocycles. The molecule has 0 saturated carbocycles. The lowest BCUT2D eigenvalue weighted by molar-refractivity contribution is 0.0953. The summed E-state index contributed by atoms with van der Waals surface area (Å²) >= 11 is 1.56. The van der Waals surface area contributed by atoms with Crippen LogP contribution in [0, 0.1) is 6.92 Å². The number of nitrogens with one attached hydrogen (secondary N) is 1. The standard InChI is InChI=1S/C13H15N3OS/c1-9-11(3-2-4-12(9)14)13(17)15-6-5-10-7-18-8-16-10/h2-4,7-8H,5-6,14H2,1H3,(H,15,17). The predicted molar refractivity (Wildman–Crippen MR) is 73.7 cm³/mol. The molecule has 18 heavy (non-hydrogen) atoms. The van der Waals surface area contributed by atoms with Gasteiger partial charge in [0.2, 0.25) is 0 Å². The molecule has 0 unspecified atom stereocenters. The van der Waals surface area contributed by atoms with Crippen molar-refractivity contribution < 1.29 is 4.79 Å². The Morgan fingerprint density at radius 1 is 1.50 bits per heavy atom. The minimum atomic E-state index is -0.0879. The van der Waals surface area contributed by atoms with Crippen molar-refractivity contribution in [3.8, 4) is 0 Å². The molecule has 0 radical (unpaired) electrons. The molecule has 4 nitrogen and oxygen atoms in total. The Kier molecular flexibility index (Phi) is 3.94. The molecule has 2 aromatic rings. The molecule has 0 aliphatic carbocycles. The molecule has 0 aliphatic heterocycles. The number of hydrogen-bond donors (Lipinski definition) is 2. The summed E-state index contributed by atoms with van der Waals surface area (Å²) in [5.41, 5.74) is 10.7. The van der Waals surface area contributed by atoms with Crippen LogP contribution in [0.2, 0.25) is 0 Å². The van der Waals surface area contributed by atoms with E-state index in [1.54, 1.807) is 35.0 Å². The maximum Gasteiger partial charge on any atom is 0.251 e. The van der Waals surface area contributed by atoms with Crippen LogP contribution in [-0.4, -0.2) is 17.4 Å². The van der Waals surface area contributed by atoms with Crippen molar-refractivity contribution in [2.75, 3.05) is 12.3 Å². The van der Waals surface area contributed by atoms with Gasteiger partial charge in [0, 0.05) is 29.6 Å². The van der Waals surface area contributed by atoms with E-state index in [2.05, 4.69) is 10.3 Å². The van der Waals surface area contributed by atoms with Crippen molar-refractivity contribution in [3.05, 3.63) is 45.9 Å². The topological polar surface area (TPSA) is 68.0 Å². The summed E-state index contributed by atoms with van der Waals surface area (Å²) in [5, 5.41) is 4.86. The van der Waals surface area contributed by atoms with Crippen LogP contribution in [0.1, 0.15) is 21.6 Å². The molecule has 2 rings (SSSR count). The van der Waals surface area contributed by atoms with Crippen LogP contribution < -0.4 is 11.1 Å². The van der Waals surface area contributed by atoms with Gasteiger partial charge in [-0.15, -0.1) is 11.3 Å². The Bertz CT molecular complexity index is 537. The van der Waals surface area contributed by atoms with Gasteiger partial charge in [-0.3, -0.25) is 4.79 Å². The van der Waals surface area contributed by atoms with E-state index in [9.17, 15) is 4.79 Å². The molecule has 1 amide bonds. The highest BCUT2D eigenvalue weighted by Gasteiger charge is 2.09. The Hall–Kier alpha value is -1.88. The minimum absolute atomic E-state index is 0.0879. The van der Waals surface area contributed by atoms with Gasteiger partial charge in [-0.05, 0) is 24.6 Å². The molecule has 0 fully saturated rings. The average Bonchev–Trinajstić information content (AvgIpc) is 2.85. The lowest BCUT2D eigenvalue weighted by Crippen LogP contribution is -2.26. The first-order valence-corrected chi connectivity index (χ1v) is 6.63. The molecule has 94 valence electrons. The van der Waals surface area contributed by atoms with Gasteiger partial charge in [-0.2, -0.15) is 0 Å². The third-order valence-corrected chi connectivity index (χ3v) is 3.41. The van der Waals surface area contributed by atoms with E-state index in [1.807, 2.05) is 12.3 Å². The highest BCUT2D eigenvalue weighted by molar-refractivity contribution is 7.07. The van der Waals surface area contributed by atoms with Crippen molar-refractivity contribution in [2.24, 2.45) is 0 Å². The van der Waals surface area contributed by atoms with E-state index < -0.39 is 0 Å². The quantitative estimate of drug-likeness (QED) is 0.827. The number of rotatable bonds is 4. The Morgan fingerprint density at radius 2 is 2.33 bits per heavy atom. The van der Waals surface area contributed by atoms with Gasteiger partial charge in [-0.1, -0.05) is 6.07 Å². The number of nitrogen functional groups attached to an aromatic ring is 1. The molecule has 0 atom stereocenters. The Morgan fingerprint density at radius 3 is 3.06 bits per heavy atom. The number of aromatic nitrogens is 1. The van der Waals surface area contributed by atoms with Crippen LogP contribution >= 0.6 is 11.3 Å². The van der Waals surface area contributed by atoms with Gasteiger partial charge < -0.3 is 11.1 Å².